The van der Waals surface area contributed by atoms with E-state index in [9.17, 15) is 4.79 Å². The molecule has 0 aromatic heterocycles. The lowest BCUT2D eigenvalue weighted by Gasteiger charge is -2.05. The van der Waals surface area contributed by atoms with E-state index in [1.165, 1.54) is 5.56 Å². The number of carbonyl (C=O) groups excluding carboxylic acids is 1. The van der Waals surface area contributed by atoms with Gasteiger partial charge in [-0.2, -0.15) is 5.10 Å². The summed E-state index contributed by atoms with van der Waals surface area (Å²) in [5.74, 6) is 0.0703. The van der Waals surface area contributed by atoms with Crippen LogP contribution in [0.3, 0.4) is 0 Å². The standard InChI is InChI=1S/C17H18N2O/c1-14(16-10-6-3-7-11-16)13-18-19-17(20)12-15-8-4-2-5-9-15/h2-11,13-14H,12H2,1H3,(H,19,20)/b18-13+. The molecule has 2 aromatic carbocycles. The fraction of sp³-hybridized carbons (Fsp3) is 0.176. The van der Waals surface area contributed by atoms with Crippen LogP contribution in [0.4, 0.5) is 0 Å². The molecule has 20 heavy (non-hydrogen) atoms. The lowest BCUT2D eigenvalue weighted by molar-refractivity contribution is -0.120. The zero-order chi connectivity index (χ0) is 14.2. The minimum absolute atomic E-state index is 0.104. The van der Waals surface area contributed by atoms with E-state index in [0.717, 1.165) is 5.56 Å². The molecule has 0 bridgehead atoms. The molecule has 0 saturated heterocycles. The van der Waals surface area contributed by atoms with Crippen molar-refractivity contribution in [3.63, 3.8) is 0 Å². The summed E-state index contributed by atoms with van der Waals surface area (Å²) in [4.78, 5) is 11.7. The van der Waals surface area contributed by atoms with Crippen molar-refractivity contribution in [3.05, 3.63) is 71.8 Å². The Labute approximate surface area is 119 Å². The van der Waals surface area contributed by atoms with Crippen LogP contribution >= 0.6 is 0 Å². The predicted molar refractivity (Wildman–Crippen MR) is 81.6 cm³/mol. The van der Waals surface area contributed by atoms with Crippen LogP contribution in [0.2, 0.25) is 0 Å². The van der Waals surface area contributed by atoms with Crippen LogP contribution in [0.15, 0.2) is 65.8 Å². The molecule has 1 N–H and O–H groups in total. The zero-order valence-electron chi connectivity index (χ0n) is 11.5. The molecule has 102 valence electrons. The quantitative estimate of drug-likeness (QED) is 0.655. The molecule has 0 radical (unpaired) electrons. The third-order valence-corrected chi connectivity index (χ3v) is 3.02. The van der Waals surface area contributed by atoms with Crippen LogP contribution in [0.25, 0.3) is 0 Å². The van der Waals surface area contributed by atoms with E-state index in [4.69, 9.17) is 0 Å². The average Bonchev–Trinajstić information content (AvgIpc) is 2.49. The van der Waals surface area contributed by atoms with E-state index in [-0.39, 0.29) is 11.8 Å². The van der Waals surface area contributed by atoms with Crippen molar-refractivity contribution in [2.45, 2.75) is 19.3 Å². The molecular formula is C17H18N2O. The van der Waals surface area contributed by atoms with Crippen LogP contribution in [0, 0.1) is 0 Å². The number of hydrogen-bond acceptors (Lipinski definition) is 2. The van der Waals surface area contributed by atoms with E-state index < -0.39 is 0 Å². The summed E-state index contributed by atoms with van der Waals surface area (Å²) in [5, 5.41) is 4.02. The van der Waals surface area contributed by atoms with Gasteiger partial charge in [0.05, 0.1) is 6.42 Å². The molecule has 0 fully saturated rings. The predicted octanol–water partition coefficient (Wildman–Crippen LogP) is 3.13. The monoisotopic (exact) mass is 266 g/mol. The van der Waals surface area contributed by atoms with Crippen molar-refractivity contribution in [2.24, 2.45) is 5.10 Å². The van der Waals surface area contributed by atoms with E-state index >= 15 is 0 Å². The van der Waals surface area contributed by atoms with Crippen molar-refractivity contribution in [1.82, 2.24) is 5.43 Å². The van der Waals surface area contributed by atoms with E-state index in [0.29, 0.717) is 6.42 Å². The van der Waals surface area contributed by atoms with Crippen molar-refractivity contribution < 1.29 is 4.79 Å². The van der Waals surface area contributed by atoms with Gasteiger partial charge in [-0.25, -0.2) is 5.43 Å². The van der Waals surface area contributed by atoms with Gasteiger partial charge in [0.15, 0.2) is 0 Å². The first-order valence-electron chi connectivity index (χ1n) is 6.66. The molecule has 2 aromatic rings. The summed E-state index contributed by atoms with van der Waals surface area (Å²) in [6.07, 6.45) is 2.09. The molecular weight excluding hydrogens is 248 g/mol. The van der Waals surface area contributed by atoms with Gasteiger partial charge >= 0.3 is 0 Å². The highest BCUT2D eigenvalue weighted by molar-refractivity contribution is 5.79. The lowest BCUT2D eigenvalue weighted by Crippen LogP contribution is -2.20. The minimum atomic E-state index is -0.104. The summed E-state index contributed by atoms with van der Waals surface area (Å²) >= 11 is 0. The molecule has 0 aliphatic heterocycles. The molecule has 1 amide bonds. The number of benzene rings is 2. The Morgan fingerprint density at radius 2 is 1.70 bits per heavy atom. The normalized spacial score (nSPS) is 12.2. The fourth-order valence-electron chi connectivity index (χ4n) is 1.88. The van der Waals surface area contributed by atoms with Gasteiger partial charge in [0.2, 0.25) is 5.91 Å². The van der Waals surface area contributed by atoms with Gasteiger partial charge in [-0.3, -0.25) is 4.79 Å². The Hall–Kier alpha value is -2.42. The van der Waals surface area contributed by atoms with Crippen molar-refractivity contribution in [3.8, 4) is 0 Å². The van der Waals surface area contributed by atoms with Gasteiger partial charge in [0.25, 0.3) is 0 Å². The molecule has 3 heteroatoms. The third-order valence-electron chi connectivity index (χ3n) is 3.02. The fourth-order valence-corrected chi connectivity index (χ4v) is 1.88. The smallest absolute Gasteiger partial charge is 0.244 e. The summed E-state index contributed by atoms with van der Waals surface area (Å²) in [6, 6.07) is 19.7. The average molecular weight is 266 g/mol. The lowest BCUT2D eigenvalue weighted by atomic mass is 10.0. The highest BCUT2D eigenvalue weighted by Crippen LogP contribution is 2.11. The molecule has 0 aliphatic carbocycles. The molecule has 0 heterocycles. The minimum Gasteiger partial charge on any atom is -0.273 e. The molecule has 0 saturated carbocycles. The highest BCUT2D eigenvalue weighted by atomic mass is 16.2. The second kappa shape index (κ2) is 7.24. The highest BCUT2D eigenvalue weighted by Gasteiger charge is 2.03. The van der Waals surface area contributed by atoms with E-state index in [1.54, 1.807) is 6.21 Å². The number of hydrogen-bond donors (Lipinski definition) is 1. The number of nitrogens with one attached hydrogen (secondary N) is 1. The third kappa shape index (κ3) is 4.35. The zero-order valence-corrected chi connectivity index (χ0v) is 11.5. The number of carbonyl (C=O) groups is 1. The molecule has 1 atom stereocenters. The van der Waals surface area contributed by atoms with Gasteiger partial charge < -0.3 is 0 Å². The molecule has 0 spiro atoms. The summed E-state index contributed by atoms with van der Waals surface area (Å²) in [5.41, 5.74) is 4.72. The summed E-state index contributed by atoms with van der Waals surface area (Å²) in [7, 11) is 0. The molecule has 0 aliphatic rings. The van der Waals surface area contributed by atoms with Crippen molar-refractivity contribution in [2.75, 3.05) is 0 Å². The van der Waals surface area contributed by atoms with Crippen LogP contribution in [0.1, 0.15) is 24.0 Å². The van der Waals surface area contributed by atoms with Crippen LogP contribution in [0.5, 0.6) is 0 Å². The maximum atomic E-state index is 11.7. The number of amides is 1. The second-order valence-corrected chi connectivity index (χ2v) is 4.67. The van der Waals surface area contributed by atoms with E-state index in [2.05, 4.69) is 10.5 Å². The first-order valence-corrected chi connectivity index (χ1v) is 6.66. The van der Waals surface area contributed by atoms with Gasteiger partial charge in [0, 0.05) is 12.1 Å². The first kappa shape index (κ1) is 14.0. The molecule has 1 unspecified atom stereocenters. The molecule has 2 rings (SSSR count). The van der Waals surface area contributed by atoms with Gasteiger partial charge in [-0.1, -0.05) is 67.6 Å². The van der Waals surface area contributed by atoms with Crippen molar-refractivity contribution >= 4 is 12.1 Å². The Kier molecular flexibility index (Phi) is 5.07. The number of hydrazone groups is 1. The Morgan fingerprint density at radius 1 is 1.10 bits per heavy atom. The Balaban J connectivity index is 1.83. The van der Waals surface area contributed by atoms with Crippen LogP contribution in [-0.4, -0.2) is 12.1 Å². The Morgan fingerprint density at radius 3 is 2.35 bits per heavy atom. The SMILES string of the molecule is CC(/C=N/NC(=O)Cc1ccccc1)c1ccccc1. The first-order chi connectivity index (χ1) is 9.75. The number of nitrogens with zero attached hydrogens (tertiary/aromatic N) is 1. The van der Waals surface area contributed by atoms with Gasteiger partial charge in [-0.05, 0) is 11.1 Å². The van der Waals surface area contributed by atoms with Crippen molar-refractivity contribution in [1.29, 1.82) is 0 Å². The number of rotatable bonds is 5. The van der Waals surface area contributed by atoms with E-state index in [1.807, 2.05) is 67.6 Å². The topological polar surface area (TPSA) is 41.5 Å². The second-order valence-electron chi connectivity index (χ2n) is 4.67. The molecule has 3 nitrogen and oxygen atoms in total. The van der Waals surface area contributed by atoms with Crippen LogP contribution < -0.4 is 5.43 Å². The maximum Gasteiger partial charge on any atom is 0.244 e. The Bertz CT molecular complexity index is 564. The van der Waals surface area contributed by atoms with Gasteiger partial charge in [-0.15, -0.1) is 0 Å². The van der Waals surface area contributed by atoms with Gasteiger partial charge in [0.1, 0.15) is 0 Å². The largest absolute Gasteiger partial charge is 0.273 e. The maximum absolute atomic E-state index is 11.7. The van der Waals surface area contributed by atoms with Crippen LogP contribution in [-0.2, 0) is 11.2 Å². The summed E-state index contributed by atoms with van der Waals surface area (Å²) < 4.78 is 0. The summed E-state index contributed by atoms with van der Waals surface area (Å²) in [6.45, 7) is 2.04.